The Hall–Kier alpha value is -2.30. The number of hydrogen-bond acceptors (Lipinski definition) is 4. The number of ether oxygens (including phenoxy) is 1. The molecule has 0 saturated carbocycles. The molecule has 0 spiro atoms. The maximum absolute atomic E-state index is 8.74. The quantitative estimate of drug-likeness (QED) is 0.380. The molecule has 0 radical (unpaired) electrons. The summed E-state index contributed by atoms with van der Waals surface area (Å²) in [6, 6.07) is 9.64. The second-order valence-corrected chi connectivity index (χ2v) is 5.29. The maximum Gasteiger partial charge on any atom is 0.144 e. The van der Waals surface area contributed by atoms with Gasteiger partial charge in [0.1, 0.15) is 11.6 Å². The monoisotopic (exact) mass is 273 g/mol. The van der Waals surface area contributed by atoms with Gasteiger partial charge in [-0.15, -0.1) is 0 Å². The summed E-state index contributed by atoms with van der Waals surface area (Å²) < 4.78 is 5.82. The number of pyridine rings is 1. The Labute approximate surface area is 118 Å². The van der Waals surface area contributed by atoms with E-state index in [9.17, 15) is 0 Å². The number of hydrogen-bond donors (Lipinski definition) is 2. The van der Waals surface area contributed by atoms with Gasteiger partial charge in [0.05, 0.1) is 12.1 Å². The predicted octanol–water partition coefficient (Wildman–Crippen LogP) is 2.78. The number of benzene rings is 1. The molecule has 3 N–H and O–H groups in total. The fraction of sp³-hybridized carbons (Fsp3) is 0.333. The van der Waals surface area contributed by atoms with Gasteiger partial charge in [0.2, 0.25) is 0 Å². The maximum atomic E-state index is 8.74. The van der Waals surface area contributed by atoms with Crippen LogP contribution in [0.4, 0.5) is 0 Å². The fourth-order valence-electron chi connectivity index (χ4n) is 1.88. The fourth-order valence-corrected chi connectivity index (χ4v) is 1.88. The summed E-state index contributed by atoms with van der Waals surface area (Å²) in [6.07, 6.45) is 2.41. The van der Waals surface area contributed by atoms with Crippen LogP contribution >= 0.6 is 0 Å². The minimum atomic E-state index is -0.405. The van der Waals surface area contributed by atoms with Gasteiger partial charge in [-0.1, -0.05) is 25.1 Å². The molecule has 2 aromatic rings. The SMILES string of the molecule is CC(C)(CCOc1cccc2ncccc12)/C(N)=N/O. The summed E-state index contributed by atoms with van der Waals surface area (Å²) in [5, 5.41) is 12.8. The second-order valence-electron chi connectivity index (χ2n) is 5.29. The molecule has 106 valence electrons. The summed E-state index contributed by atoms with van der Waals surface area (Å²) in [5.41, 5.74) is 6.15. The van der Waals surface area contributed by atoms with Crippen molar-refractivity contribution in [3.8, 4) is 5.75 Å². The van der Waals surface area contributed by atoms with Crippen LogP contribution in [0, 0.1) is 5.41 Å². The van der Waals surface area contributed by atoms with Crippen LogP contribution in [0.2, 0.25) is 0 Å². The predicted molar refractivity (Wildman–Crippen MR) is 79.0 cm³/mol. The Morgan fingerprint density at radius 2 is 2.15 bits per heavy atom. The third kappa shape index (κ3) is 2.99. The lowest BCUT2D eigenvalue weighted by atomic mass is 9.88. The van der Waals surface area contributed by atoms with E-state index in [2.05, 4.69) is 10.1 Å². The number of oxime groups is 1. The van der Waals surface area contributed by atoms with Gasteiger partial charge in [-0.25, -0.2) is 0 Å². The molecule has 20 heavy (non-hydrogen) atoms. The minimum absolute atomic E-state index is 0.209. The largest absolute Gasteiger partial charge is 0.493 e. The first-order chi connectivity index (χ1) is 9.54. The zero-order valence-corrected chi connectivity index (χ0v) is 11.7. The molecule has 2 rings (SSSR count). The van der Waals surface area contributed by atoms with Crippen molar-refractivity contribution in [1.82, 2.24) is 4.98 Å². The highest BCUT2D eigenvalue weighted by atomic mass is 16.5. The molecule has 1 heterocycles. The lowest BCUT2D eigenvalue weighted by Gasteiger charge is -2.22. The molecule has 0 aliphatic heterocycles. The lowest BCUT2D eigenvalue weighted by Crippen LogP contribution is -2.33. The van der Waals surface area contributed by atoms with Crippen molar-refractivity contribution in [2.75, 3.05) is 6.61 Å². The first-order valence-electron chi connectivity index (χ1n) is 6.49. The Morgan fingerprint density at radius 1 is 1.35 bits per heavy atom. The normalized spacial score (nSPS) is 12.6. The number of fused-ring (bicyclic) bond motifs is 1. The van der Waals surface area contributed by atoms with E-state index in [-0.39, 0.29) is 5.84 Å². The highest BCUT2D eigenvalue weighted by molar-refractivity contribution is 5.85. The average molecular weight is 273 g/mol. The molecule has 5 nitrogen and oxygen atoms in total. The summed E-state index contributed by atoms with van der Waals surface area (Å²) >= 11 is 0. The van der Waals surface area contributed by atoms with Crippen molar-refractivity contribution in [1.29, 1.82) is 0 Å². The van der Waals surface area contributed by atoms with Crippen LogP contribution in [0.5, 0.6) is 5.75 Å². The zero-order valence-electron chi connectivity index (χ0n) is 11.7. The zero-order chi connectivity index (χ0) is 14.6. The van der Waals surface area contributed by atoms with E-state index >= 15 is 0 Å². The van der Waals surface area contributed by atoms with Crippen LogP contribution in [-0.4, -0.2) is 22.6 Å². The van der Waals surface area contributed by atoms with Crippen LogP contribution in [0.15, 0.2) is 41.7 Å². The third-order valence-corrected chi connectivity index (χ3v) is 3.39. The molecular formula is C15H19N3O2. The van der Waals surface area contributed by atoms with Gasteiger partial charge < -0.3 is 15.7 Å². The summed E-state index contributed by atoms with van der Waals surface area (Å²) in [5.74, 6) is 1.01. The van der Waals surface area contributed by atoms with E-state index in [0.717, 1.165) is 16.7 Å². The molecule has 0 unspecified atom stereocenters. The van der Waals surface area contributed by atoms with Gasteiger partial charge >= 0.3 is 0 Å². The van der Waals surface area contributed by atoms with E-state index in [1.807, 2.05) is 44.2 Å². The first-order valence-corrected chi connectivity index (χ1v) is 6.49. The average Bonchev–Trinajstić information content (AvgIpc) is 2.46. The van der Waals surface area contributed by atoms with Crippen LogP contribution in [0.25, 0.3) is 10.9 Å². The Balaban J connectivity index is 2.07. The van der Waals surface area contributed by atoms with Crippen molar-refractivity contribution >= 4 is 16.7 Å². The molecule has 1 aromatic heterocycles. The summed E-state index contributed by atoms with van der Waals surface area (Å²) in [6.45, 7) is 4.31. The van der Waals surface area contributed by atoms with E-state index < -0.39 is 5.41 Å². The molecule has 0 fully saturated rings. The highest BCUT2D eigenvalue weighted by Crippen LogP contribution is 2.26. The smallest absolute Gasteiger partial charge is 0.144 e. The molecule has 0 aliphatic rings. The van der Waals surface area contributed by atoms with E-state index in [0.29, 0.717) is 13.0 Å². The molecule has 0 saturated heterocycles. The lowest BCUT2D eigenvalue weighted by molar-refractivity contribution is 0.261. The molecule has 0 bridgehead atoms. The minimum Gasteiger partial charge on any atom is -0.493 e. The van der Waals surface area contributed by atoms with Gasteiger partial charge in [-0.2, -0.15) is 0 Å². The van der Waals surface area contributed by atoms with Gasteiger partial charge in [0, 0.05) is 17.0 Å². The van der Waals surface area contributed by atoms with Crippen molar-refractivity contribution in [3.05, 3.63) is 36.5 Å². The summed E-state index contributed by atoms with van der Waals surface area (Å²) in [4.78, 5) is 4.29. The van der Waals surface area contributed by atoms with Crippen molar-refractivity contribution < 1.29 is 9.94 Å². The number of nitrogens with two attached hydrogens (primary N) is 1. The second kappa shape index (κ2) is 5.77. The number of aromatic nitrogens is 1. The number of amidine groups is 1. The first kappa shape index (κ1) is 14.1. The summed E-state index contributed by atoms with van der Waals surface area (Å²) in [7, 11) is 0. The standard InChI is InChI=1S/C15H19N3O2/c1-15(2,14(16)18-19)8-10-20-13-7-3-6-12-11(13)5-4-9-17-12/h3-7,9,19H,8,10H2,1-2H3,(H2,16,18). The van der Waals surface area contributed by atoms with E-state index in [4.69, 9.17) is 15.7 Å². The van der Waals surface area contributed by atoms with Crippen LogP contribution in [-0.2, 0) is 0 Å². The Bertz CT molecular complexity index is 618. The number of nitrogens with zero attached hydrogens (tertiary/aromatic N) is 2. The molecule has 0 atom stereocenters. The molecule has 0 amide bonds. The van der Waals surface area contributed by atoms with Crippen LogP contribution < -0.4 is 10.5 Å². The van der Waals surface area contributed by atoms with Gasteiger partial charge in [-0.05, 0) is 30.7 Å². The molecule has 5 heteroatoms. The van der Waals surface area contributed by atoms with E-state index in [1.54, 1.807) is 6.20 Å². The highest BCUT2D eigenvalue weighted by Gasteiger charge is 2.23. The van der Waals surface area contributed by atoms with E-state index in [1.165, 1.54) is 0 Å². The Kier molecular flexibility index (Phi) is 4.08. The number of rotatable bonds is 5. The van der Waals surface area contributed by atoms with Gasteiger partial charge in [0.15, 0.2) is 0 Å². The van der Waals surface area contributed by atoms with Crippen molar-refractivity contribution in [3.63, 3.8) is 0 Å². The molecule has 1 aromatic carbocycles. The third-order valence-electron chi connectivity index (χ3n) is 3.39. The topological polar surface area (TPSA) is 80.7 Å². The van der Waals surface area contributed by atoms with Crippen molar-refractivity contribution in [2.24, 2.45) is 16.3 Å². The van der Waals surface area contributed by atoms with Gasteiger partial charge in [0.25, 0.3) is 0 Å². The Morgan fingerprint density at radius 3 is 2.90 bits per heavy atom. The molecule has 0 aliphatic carbocycles. The van der Waals surface area contributed by atoms with Gasteiger partial charge in [-0.3, -0.25) is 4.98 Å². The van der Waals surface area contributed by atoms with Crippen LogP contribution in [0.3, 0.4) is 0 Å². The van der Waals surface area contributed by atoms with Crippen molar-refractivity contribution in [2.45, 2.75) is 20.3 Å². The van der Waals surface area contributed by atoms with Crippen LogP contribution in [0.1, 0.15) is 20.3 Å². The molecular weight excluding hydrogens is 254 g/mol.